The van der Waals surface area contributed by atoms with Gasteiger partial charge in [0.05, 0.1) is 6.54 Å². The standard InChI is InChI=1S/C17H25N3O2/c1-2-18-16(21)12-19-15-10-6-7-13(11-15)17(22)20-14-8-4-3-5-9-14/h6-7,10-11,14,19H,2-5,8-9,12H2,1H3,(H,18,21)(H,20,22). The Balaban J connectivity index is 1.89. The highest BCUT2D eigenvalue weighted by Crippen LogP contribution is 2.18. The lowest BCUT2D eigenvalue weighted by Crippen LogP contribution is -2.36. The largest absolute Gasteiger partial charge is 0.376 e. The number of nitrogens with one attached hydrogen (secondary N) is 3. The van der Waals surface area contributed by atoms with Crippen LogP contribution in [0.1, 0.15) is 49.4 Å². The number of hydrogen-bond donors (Lipinski definition) is 3. The molecule has 120 valence electrons. The molecule has 22 heavy (non-hydrogen) atoms. The average Bonchev–Trinajstić information content (AvgIpc) is 2.54. The van der Waals surface area contributed by atoms with Crippen LogP contribution in [-0.2, 0) is 4.79 Å². The summed E-state index contributed by atoms with van der Waals surface area (Å²) < 4.78 is 0. The Bertz CT molecular complexity index is 510. The van der Waals surface area contributed by atoms with Crippen LogP contribution in [-0.4, -0.2) is 30.9 Å². The number of carbonyl (C=O) groups is 2. The second-order valence-corrected chi connectivity index (χ2v) is 5.70. The molecule has 0 saturated heterocycles. The third-order valence-corrected chi connectivity index (χ3v) is 3.89. The molecular weight excluding hydrogens is 278 g/mol. The van der Waals surface area contributed by atoms with Crippen molar-refractivity contribution in [3.63, 3.8) is 0 Å². The van der Waals surface area contributed by atoms with E-state index in [1.165, 1.54) is 19.3 Å². The Labute approximate surface area is 131 Å². The number of likely N-dealkylation sites (N-methyl/N-ethyl adjacent to an activating group) is 1. The van der Waals surface area contributed by atoms with Gasteiger partial charge in [0.15, 0.2) is 0 Å². The van der Waals surface area contributed by atoms with Crippen molar-refractivity contribution in [1.29, 1.82) is 0 Å². The topological polar surface area (TPSA) is 70.2 Å². The maximum atomic E-state index is 12.3. The second-order valence-electron chi connectivity index (χ2n) is 5.70. The van der Waals surface area contributed by atoms with Gasteiger partial charge in [-0.3, -0.25) is 9.59 Å². The van der Waals surface area contributed by atoms with Crippen molar-refractivity contribution in [2.45, 2.75) is 45.1 Å². The normalized spacial score (nSPS) is 15.1. The molecule has 1 fully saturated rings. The van der Waals surface area contributed by atoms with Crippen LogP contribution in [0.3, 0.4) is 0 Å². The van der Waals surface area contributed by atoms with Gasteiger partial charge in [-0.15, -0.1) is 0 Å². The van der Waals surface area contributed by atoms with Crippen LogP contribution in [0, 0.1) is 0 Å². The zero-order valence-electron chi connectivity index (χ0n) is 13.2. The number of rotatable bonds is 6. The minimum absolute atomic E-state index is 0.0337. The number of anilines is 1. The Morgan fingerprint density at radius 3 is 2.68 bits per heavy atom. The number of amides is 2. The van der Waals surface area contributed by atoms with E-state index < -0.39 is 0 Å². The number of hydrogen-bond acceptors (Lipinski definition) is 3. The highest BCUT2D eigenvalue weighted by atomic mass is 16.2. The van der Waals surface area contributed by atoms with Crippen LogP contribution < -0.4 is 16.0 Å². The zero-order chi connectivity index (χ0) is 15.8. The SMILES string of the molecule is CCNC(=O)CNc1cccc(C(=O)NC2CCCCC2)c1. The van der Waals surface area contributed by atoms with Crippen molar-refractivity contribution in [1.82, 2.24) is 10.6 Å². The first kappa shape index (κ1) is 16.3. The molecule has 1 aliphatic rings. The fourth-order valence-corrected chi connectivity index (χ4v) is 2.73. The van der Waals surface area contributed by atoms with Crippen molar-refractivity contribution in [3.05, 3.63) is 29.8 Å². The predicted molar refractivity (Wildman–Crippen MR) is 88.0 cm³/mol. The molecule has 0 radical (unpaired) electrons. The van der Waals surface area contributed by atoms with Gasteiger partial charge in [0.1, 0.15) is 0 Å². The lowest BCUT2D eigenvalue weighted by atomic mass is 9.95. The second kappa shape index (κ2) is 8.41. The average molecular weight is 303 g/mol. The maximum absolute atomic E-state index is 12.3. The summed E-state index contributed by atoms with van der Waals surface area (Å²) in [6.07, 6.45) is 5.80. The summed E-state index contributed by atoms with van der Waals surface area (Å²) in [5, 5.41) is 8.86. The molecule has 2 amide bonds. The van der Waals surface area contributed by atoms with Gasteiger partial charge < -0.3 is 16.0 Å². The molecular formula is C17H25N3O2. The van der Waals surface area contributed by atoms with Crippen LogP contribution in [0.2, 0.25) is 0 Å². The van der Waals surface area contributed by atoms with Gasteiger partial charge in [-0.2, -0.15) is 0 Å². The van der Waals surface area contributed by atoms with Crippen LogP contribution in [0.25, 0.3) is 0 Å². The summed E-state index contributed by atoms with van der Waals surface area (Å²) >= 11 is 0. The van der Waals surface area contributed by atoms with Gasteiger partial charge in [0.25, 0.3) is 5.91 Å². The van der Waals surface area contributed by atoms with Gasteiger partial charge in [0, 0.05) is 23.8 Å². The predicted octanol–water partition coefficient (Wildman–Crippen LogP) is 2.30. The summed E-state index contributed by atoms with van der Waals surface area (Å²) in [4.78, 5) is 23.7. The van der Waals surface area contributed by atoms with Crippen molar-refractivity contribution < 1.29 is 9.59 Å². The Morgan fingerprint density at radius 2 is 1.95 bits per heavy atom. The smallest absolute Gasteiger partial charge is 0.251 e. The van der Waals surface area contributed by atoms with E-state index in [9.17, 15) is 9.59 Å². The molecule has 5 heteroatoms. The Morgan fingerprint density at radius 1 is 1.18 bits per heavy atom. The van der Waals surface area contributed by atoms with E-state index >= 15 is 0 Å². The highest BCUT2D eigenvalue weighted by molar-refractivity contribution is 5.95. The summed E-state index contributed by atoms with van der Waals surface area (Å²) in [5.74, 6) is -0.0897. The van der Waals surface area contributed by atoms with Crippen LogP contribution in [0.5, 0.6) is 0 Å². The van der Waals surface area contributed by atoms with Crippen LogP contribution >= 0.6 is 0 Å². The minimum atomic E-state index is -0.0560. The fraction of sp³-hybridized carbons (Fsp3) is 0.529. The Hall–Kier alpha value is -2.04. The molecule has 0 aromatic heterocycles. The third kappa shape index (κ3) is 5.06. The van der Waals surface area contributed by atoms with Gasteiger partial charge in [0.2, 0.25) is 5.91 Å². The van der Waals surface area contributed by atoms with Gasteiger partial charge in [-0.1, -0.05) is 25.3 Å². The zero-order valence-corrected chi connectivity index (χ0v) is 13.2. The Kier molecular flexibility index (Phi) is 6.25. The van der Waals surface area contributed by atoms with Crippen LogP contribution in [0.4, 0.5) is 5.69 Å². The van der Waals surface area contributed by atoms with Crippen LogP contribution in [0.15, 0.2) is 24.3 Å². The summed E-state index contributed by atoms with van der Waals surface area (Å²) in [6, 6.07) is 7.58. The quantitative estimate of drug-likeness (QED) is 0.755. The van der Waals surface area contributed by atoms with E-state index in [4.69, 9.17) is 0 Å². The van der Waals surface area contributed by atoms with E-state index in [0.29, 0.717) is 18.2 Å². The lowest BCUT2D eigenvalue weighted by Gasteiger charge is -2.22. The summed E-state index contributed by atoms with van der Waals surface area (Å²) in [7, 11) is 0. The van der Waals surface area contributed by atoms with Crippen molar-refractivity contribution in [2.24, 2.45) is 0 Å². The summed E-state index contributed by atoms with van der Waals surface area (Å²) in [5.41, 5.74) is 1.41. The van der Waals surface area contributed by atoms with E-state index in [1.54, 1.807) is 12.1 Å². The monoisotopic (exact) mass is 303 g/mol. The molecule has 5 nitrogen and oxygen atoms in total. The molecule has 2 rings (SSSR count). The molecule has 0 spiro atoms. The van der Waals surface area contributed by atoms with E-state index in [0.717, 1.165) is 18.5 Å². The molecule has 1 aromatic carbocycles. The van der Waals surface area contributed by atoms with Gasteiger partial charge >= 0.3 is 0 Å². The molecule has 0 unspecified atom stereocenters. The molecule has 0 heterocycles. The maximum Gasteiger partial charge on any atom is 0.251 e. The first-order valence-electron chi connectivity index (χ1n) is 8.10. The molecule has 0 atom stereocenters. The minimum Gasteiger partial charge on any atom is -0.376 e. The van der Waals surface area contributed by atoms with E-state index in [1.807, 2.05) is 19.1 Å². The molecule has 0 bridgehead atoms. The number of carbonyl (C=O) groups excluding carboxylic acids is 2. The first-order chi connectivity index (χ1) is 10.7. The summed E-state index contributed by atoms with van der Waals surface area (Å²) in [6.45, 7) is 2.71. The molecule has 1 aromatic rings. The van der Waals surface area contributed by atoms with Gasteiger partial charge in [-0.25, -0.2) is 0 Å². The molecule has 1 saturated carbocycles. The fourth-order valence-electron chi connectivity index (χ4n) is 2.73. The van der Waals surface area contributed by atoms with E-state index in [-0.39, 0.29) is 18.4 Å². The van der Waals surface area contributed by atoms with Crippen molar-refractivity contribution >= 4 is 17.5 Å². The van der Waals surface area contributed by atoms with Crippen molar-refractivity contribution in [2.75, 3.05) is 18.4 Å². The number of benzene rings is 1. The molecule has 0 aliphatic heterocycles. The highest BCUT2D eigenvalue weighted by Gasteiger charge is 2.16. The third-order valence-electron chi connectivity index (χ3n) is 3.89. The van der Waals surface area contributed by atoms with Gasteiger partial charge in [-0.05, 0) is 38.0 Å². The molecule has 3 N–H and O–H groups in total. The first-order valence-corrected chi connectivity index (χ1v) is 8.10. The lowest BCUT2D eigenvalue weighted by molar-refractivity contribution is -0.119. The van der Waals surface area contributed by atoms with Crippen molar-refractivity contribution in [3.8, 4) is 0 Å². The van der Waals surface area contributed by atoms with E-state index in [2.05, 4.69) is 16.0 Å². The molecule has 1 aliphatic carbocycles.